The highest BCUT2D eigenvalue weighted by molar-refractivity contribution is 5.82. The summed E-state index contributed by atoms with van der Waals surface area (Å²) in [5, 5.41) is 16.3. The average Bonchev–Trinajstić information content (AvgIpc) is 2.80. The smallest absolute Gasteiger partial charge is 0.237 e. The van der Waals surface area contributed by atoms with Gasteiger partial charge in [-0.3, -0.25) is 4.79 Å². The first-order valence-corrected chi connectivity index (χ1v) is 6.43. The zero-order chi connectivity index (χ0) is 11.4. The Hall–Kier alpha value is -0.610. The second-order valence-electron chi connectivity index (χ2n) is 5.15. The topological polar surface area (TPSA) is 61.4 Å². The van der Waals surface area contributed by atoms with Crippen LogP contribution in [0.25, 0.3) is 0 Å². The normalized spacial score (nSPS) is 28.9. The fourth-order valence-electron chi connectivity index (χ4n) is 2.67. The van der Waals surface area contributed by atoms with Crippen molar-refractivity contribution in [1.29, 1.82) is 0 Å². The molecule has 1 saturated heterocycles. The van der Waals surface area contributed by atoms with Gasteiger partial charge >= 0.3 is 0 Å². The summed E-state index contributed by atoms with van der Waals surface area (Å²) in [6.45, 7) is 1.35. The van der Waals surface area contributed by atoms with E-state index in [1.165, 1.54) is 6.42 Å². The molecule has 0 spiro atoms. The minimum absolute atomic E-state index is 0.0350. The molecule has 0 bridgehead atoms. The molecule has 1 amide bonds. The van der Waals surface area contributed by atoms with E-state index < -0.39 is 5.60 Å². The summed E-state index contributed by atoms with van der Waals surface area (Å²) >= 11 is 0. The van der Waals surface area contributed by atoms with Crippen LogP contribution in [0.1, 0.15) is 44.9 Å². The molecule has 1 aliphatic carbocycles. The number of carbonyl (C=O) groups is 1. The lowest BCUT2D eigenvalue weighted by molar-refractivity contribution is -0.124. The highest BCUT2D eigenvalue weighted by Crippen LogP contribution is 2.27. The molecule has 0 aromatic carbocycles. The summed E-state index contributed by atoms with van der Waals surface area (Å²) in [6, 6.07) is -0.0350. The molecule has 2 rings (SSSR count). The first kappa shape index (κ1) is 11.9. The molecule has 1 atom stereocenters. The minimum Gasteiger partial charge on any atom is -0.388 e. The summed E-state index contributed by atoms with van der Waals surface area (Å²) in [6.07, 6.45) is 7.01. The Morgan fingerprint density at radius 2 is 2.06 bits per heavy atom. The summed E-state index contributed by atoms with van der Waals surface area (Å²) < 4.78 is 0. The lowest BCUT2D eigenvalue weighted by Crippen LogP contribution is -2.48. The third-order valence-corrected chi connectivity index (χ3v) is 3.75. The maximum Gasteiger partial charge on any atom is 0.237 e. The van der Waals surface area contributed by atoms with Crippen molar-refractivity contribution in [3.05, 3.63) is 0 Å². The van der Waals surface area contributed by atoms with Gasteiger partial charge in [0.25, 0.3) is 0 Å². The Bertz CT molecular complexity index is 243. The van der Waals surface area contributed by atoms with Gasteiger partial charge in [0.1, 0.15) is 0 Å². The minimum atomic E-state index is -0.646. The van der Waals surface area contributed by atoms with Crippen LogP contribution >= 0.6 is 0 Å². The molecule has 16 heavy (non-hydrogen) atoms. The molecule has 1 heterocycles. The lowest BCUT2D eigenvalue weighted by Gasteiger charge is -2.32. The number of hydrogen-bond donors (Lipinski definition) is 3. The van der Waals surface area contributed by atoms with Crippen molar-refractivity contribution in [2.45, 2.75) is 56.6 Å². The van der Waals surface area contributed by atoms with E-state index in [4.69, 9.17) is 0 Å². The van der Waals surface area contributed by atoms with Crippen molar-refractivity contribution in [2.24, 2.45) is 0 Å². The Labute approximate surface area is 96.8 Å². The highest BCUT2D eigenvalue weighted by Gasteiger charge is 2.31. The van der Waals surface area contributed by atoms with Crippen LogP contribution in [0.15, 0.2) is 0 Å². The van der Waals surface area contributed by atoms with E-state index in [1.807, 2.05) is 0 Å². The van der Waals surface area contributed by atoms with Gasteiger partial charge in [0, 0.05) is 6.54 Å². The number of amides is 1. The molecule has 0 aromatic heterocycles. The van der Waals surface area contributed by atoms with Gasteiger partial charge in [-0.05, 0) is 32.2 Å². The third-order valence-electron chi connectivity index (χ3n) is 3.75. The third kappa shape index (κ3) is 2.95. The fraction of sp³-hybridized carbons (Fsp3) is 0.917. The second-order valence-corrected chi connectivity index (χ2v) is 5.15. The molecule has 2 fully saturated rings. The van der Waals surface area contributed by atoms with Gasteiger partial charge in [0.05, 0.1) is 11.6 Å². The Balaban J connectivity index is 1.75. The van der Waals surface area contributed by atoms with Crippen molar-refractivity contribution in [2.75, 3.05) is 13.1 Å². The maximum atomic E-state index is 11.7. The monoisotopic (exact) mass is 226 g/mol. The van der Waals surface area contributed by atoms with Crippen LogP contribution in [0.4, 0.5) is 0 Å². The van der Waals surface area contributed by atoms with Crippen molar-refractivity contribution in [1.82, 2.24) is 10.6 Å². The zero-order valence-electron chi connectivity index (χ0n) is 9.80. The van der Waals surface area contributed by atoms with E-state index in [0.29, 0.717) is 6.54 Å². The number of nitrogens with one attached hydrogen (secondary N) is 2. The average molecular weight is 226 g/mol. The summed E-state index contributed by atoms with van der Waals surface area (Å²) in [5.74, 6) is 0.0523. The van der Waals surface area contributed by atoms with E-state index in [1.54, 1.807) is 0 Å². The van der Waals surface area contributed by atoms with Gasteiger partial charge in [-0.1, -0.05) is 19.3 Å². The molecule has 0 radical (unpaired) electrons. The van der Waals surface area contributed by atoms with Gasteiger partial charge in [-0.15, -0.1) is 0 Å². The molecule has 2 aliphatic rings. The van der Waals surface area contributed by atoms with Crippen LogP contribution < -0.4 is 10.6 Å². The largest absolute Gasteiger partial charge is 0.388 e. The zero-order valence-corrected chi connectivity index (χ0v) is 9.80. The predicted molar refractivity (Wildman–Crippen MR) is 62.1 cm³/mol. The Morgan fingerprint density at radius 3 is 2.69 bits per heavy atom. The molecular formula is C12H22N2O2. The second kappa shape index (κ2) is 5.15. The van der Waals surface area contributed by atoms with E-state index >= 15 is 0 Å². The molecule has 0 aromatic rings. The quantitative estimate of drug-likeness (QED) is 0.658. The molecule has 92 valence electrons. The molecule has 0 unspecified atom stereocenters. The number of carbonyl (C=O) groups excluding carboxylic acids is 1. The Kier molecular flexibility index (Phi) is 3.82. The van der Waals surface area contributed by atoms with Crippen molar-refractivity contribution in [3.8, 4) is 0 Å². The Morgan fingerprint density at radius 1 is 1.31 bits per heavy atom. The van der Waals surface area contributed by atoms with Crippen LogP contribution in [0.3, 0.4) is 0 Å². The van der Waals surface area contributed by atoms with Crippen molar-refractivity contribution in [3.63, 3.8) is 0 Å². The molecule has 1 aliphatic heterocycles. The maximum absolute atomic E-state index is 11.7. The van der Waals surface area contributed by atoms with Crippen molar-refractivity contribution >= 4 is 5.91 Å². The van der Waals surface area contributed by atoms with Gasteiger partial charge in [-0.2, -0.15) is 0 Å². The molecule has 4 nitrogen and oxygen atoms in total. The summed E-state index contributed by atoms with van der Waals surface area (Å²) in [7, 11) is 0. The fourth-order valence-corrected chi connectivity index (χ4v) is 2.67. The van der Waals surface area contributed by atoms with E-state index in [9.17, 15) is 9.90 Å². The standard InChI is InChI=1S/C12H22N2O2/c15-11(10-5-4-8-13-10)14-9-12(16)6-2-1-3-7-12/h10,13,16H,1-9H2,(H,14,15)/t10-/m1/s1. The van der Waals surface area contributed by atoms with Crippen LogP contribution in [-0.4, -0.2) is 35.7 Å². The highest BCUT2D eigenvalue weighted by atomic mass is 16.3. The van der Waals surface area contributed by atoms with Gasteiger partial charge in [0.2, 0.25) is 5.91 Å². The summed E-state index contributed by atoms with van der Waals surface area (Å²) in [4.78, 5) is 11.7. The first-order chi connectivity index (χ1) is 7.70. The summed E-state index contributed by atoms with van der Waals surface area (Å²) in [5.41, 5.74) is -0.646. The van der Waals surface area contributed by atoms with Crippen LogP contribution in [0.5, 0.6) is 0 Å². The number of rotatable bonds is 3. The van der Waals surface area contributed by atoms with Crippen LogP contribution in [-0.2, 0) is 4.79 Å². The SMILES string of the molecule is O=C(NCC1(O)CCCCC1)[C@H]1CCCN1. The van der Waals surface area contributed by atoms with E-state index in [2.05, 4.69) is 10.6 Å². The van der Waals surface area contributed by atoms with Gasteiger partial charge in [0.15, 0.2) is 0 Å². The molecule has 1 saturated carbocycles. The van der Waals surface area contributed by atoms with E-state index in [-0.39, 0.29) is 11.9 Å². The molecule has 3 N–H and O–H groups in total. The van der Waals surface area contributed by atoms with Gasteiger partial charge < -0.3 is 15.7 Å². The number of aliphatic hydroxyl groups is 1. The van der Waals surface area contributed by atoms with Gasteiger partial charge in [-0.25, -0.2) is 0 Å². The van der Waals surface area contributed by atoms with Crippen LogP contribution in [0, 0.1) is 0 Å². The first-order valence-electron chi connectivity index (χ1n) is 6.43. The predicted octanol–water partition coefficient (Wildman–Crippen LogP) is 0.550. The molecule has 4 heteroatoms. The number of hydrogen-bond acceptors (Lipinski definition) is 3. The van der Waals surface area contributed by atoms with Crippen LogP contribution in [0.2, 0.25) is 0 Å². The molecular weight excluding hydrogens is 204 g/mol. The van der Waals surface area contributed by atoms with E-state index in [0.717, 1.165) is 45.1 Å². The van der Waals surface area contributed by atoms with Crippen molar-refractivity contribution < 1.29 is 9.90 Å². The lowest BCUT2D eigenvalue weighted by atomic mass is 9.85.